The summed E-state index contributed by atoms with van der Waals surface area (Å²) in [4.78, 5) is 28.7. The zero-order chi connectivity index (χ0) is 21.1. The third-order valence-corrected chi connectivity index (χ3v) is 4.83. The number of esters is 2. The van der Waals surface area contributed by atoms with Crippen LogP contribution in [0.3, 0.4) is 0 Å². The van der Waals surface area contributed by atoms with Crippen molar-refractivity contribution < 1.29 is 23.8 Å². The van der Waals surface area contributed by atoms with E-state index in [0.717, 1.165) is 22.1 Å². The zero-order valence-electron chi connectivity index (χ0n) is 16.5. The van der Waals surface area contributed by atoms with Crippen molar-refractivity contribution in [3.8, 4) is 17.0 Å². The van der Waals surface area contributed by atoms with Crippen molar-refractivity contribution >= 4 is 33.6 Å². The van der Waals surface area contributed by atoms with Gasteiger partial charge in [-0.2, -0.15) is 0 Å². The van der Waals surface area contributed by atoms with E-state index in [9.17, 15) is 9.59 Å². The van der Waals surface area contributed by atoms with E-state index in [1.165, 1.54) is 7.11 Å². The highest BCUT2D eigenvalue weighted by Gasteiger charge is 2.17. The summed E-state index contributed by atoms with van der Waals surface area (Å²) in [5.74, 6) is -0.438. The summed E-state index contributed by atoms with van der Waals surface area (Å²) in [6.07, 6.45) is 0. The first kappa shape index (κ1) is 19.4. The number of benzene rings is 3. The van der Waals surface area contributed by atoms with Crippen molar-refractivity contribution in [1.82, 2.24) is 4.98 Å². The number of methoxy groups -OCH3 is 2. The summed E-state index contributed by atoms with van der Waals surface area (Å²) in [5, 5.41) is 2.72. The summed E-state index contributed by atoms with van der Waals surface area (Å²) in [7, 11) is 2.88. The molecule has 1 heterocycles. The van der Waals surface area contributed by atoms with Gasteiger partial charge in [-0.1, -0.05) is 36.4 Å². The summed E-state index contributed by atoms with van der Waals surface area (Å²) < 4.78 is 14.9. The molecule has 0 radical (unpaired) electrons. The van der Waals surface area contributed by atoms with Crippen molar-refractivity contribution in [2.24, 2.45) is 0 Å². The van der Waals surface area contributed by atoms with E-state index >= 15 is 0 Å². The molecule has 0 bridgehead atoms. The Hall–Kier alpha value is -3.93. The van der Waals surface area contributed by atoms with Gasteiger partial charge in [0.1, 0.15) is 5.75 Å². The number of carbonyl (C=O) groups excluding carboxylic acids is 2. The van der Waals surface area contributed by atoms with Crippen LogP contribution in [0.5, 0.6) is 5.75 Å². The molecule has 0 aliphatic heterocycles. The predicted molar refractivity (Wildman–Crippen MR) is 114 cm³/mol. The van der Waals surface area contributed by atoms with Gasteiger partial charge in [-0.15, -0.1) is 0 Å². The number of hydrogen-bond donors (Lipinski definition) is 0. The molecule has 0 saturated carbocycles. The lowest BCUT2D eigenvalue weighted by Crippen LogP contribution is -2.15. The van der Waals surface area contributed by atoms with E-state index in [2.05, 4.69) is 4.74 Å². The molecule has 0 atom stereocenters. The average Bonchev–Trinajstić information content (AvgIpc) is 2.80. The molecule has 0 aliphatic rings. The van der Waals surface area contributed by atoms with Gasteiger partial charge in [-0.25, -0.2) is 14.6 Å². The molecule has 0 unspecified atom stereocenters. The Morgan fingerprint density at radius 2 is 1.67 bits per heavy atom. The van der Waals surface area contributed by atoms with Crippen LogP contribution in [-0.4, -0.2) is 37.7 Å². The molecule has 4 rings (SSSR count). The Kier molecular flexibility index (Phi) is 5.30. The second kappa shape index (κ2) is 8.21. The number of aromatic nitrogens is 1. The summed E-state index contributed by atoms with van der Waals surface area (Å²) >= 11 is 0. The standard InChI is InChI=1S/C24H19NO5/c1-28-18-10-9-15-11-17(8-7-16(15)12-18)22-13-20(24(27)30-14-23(26)29-2)19-5-3-4-6-21(19)25-22/h3-13H,14H2,1-2H3. The number of pyridine rings is 1. The lowest BCUT2D eigenvalue weighted by Gasteiger charge is -2.10. The molecule has 4 aromatic rings. The molecule has 0 aliphatic carbocycles. The third-order valence-electron chi connectivity index (χ3n) is 4.83. The van der Waals surface area contributed by atoms with E-state index in [4.69, 9.17) is 14.5 Å². The first-order valence-electron chi connectivity index (χ1n) is 9.31. The van der Waals surface area contributed by atoms with E-state index in [1.54, 1.807) is 19.2 Å². The fourth-order valence-electron chi connectivity index (χ4n) is 3.26. The maximum atomic E-state index is 12.7. The highest BCUT2D eigenvalue weighted by molar-refractivity contribution is 6.05. The quantitative estimate of drug-likeness (QED) is 0.462. The minimum Gasteiger partial charge on any atom is -0.497 e. The fraction of sp³-hybridized carbons (Fsp3) is 0.125. The zero-order valence-corrected chi connectivity index (χ0v) is 16.5. The van der Waals surface area contributed by atoms with Crippen LogP contribution in [-0.2, 0) is 14.3 Å². The van der Waals surface area contributed by atoms with E-state index in [-0.39, 0.29) is 0 Å². The third kappa shape index (κ3) is 3.80. The van der Waals surface area contributed by atoms with Crippen LogP contribution < -0.4 is 4.74 Å². The molecule has 0 saturated heterocycles. The van der Waals surface area contributed by atoms with Gasteiger partial charge < -0.3 is 14.2 Å². The highest BCUT2D eigenvalue weighted by atomic mass is 16.6. The smallest absolute Gasteiger partial charge is 0.344 e. The molecule has 30 heavy (non-hydrogen) atoms. The van der Waals surface area contributed by atoms with Gasteiger partial charge in [-0.3, -0.25) is 0 Å². The molecule has 150 valence electrons. The Morgan fingerprint density at radius 3 is 2.47 bits per heavy atom. The van der Waals surface area contributed by atoms with Crippen molar-refractivity contribution in [2.75, 3.05) is 20.8 Å². The summed E-state index contributed by atoms with van der Waals surface area (Å²) in [6, 6.07) is 20.8. The molecule has 0 amide bonds. The average molecular weight is 401 g/mol. The van der Waals surface area contributed by atoms with Crippen LogP contribution in [0.1, 0.15) is 10.4 Å². The van der Waals surface area contributed by atoms with Crippen molar-refractivity contribution in [3.05, 3.63) is 72.3 Å². The molecular weight excluding hydrogens is 382 g/mol. The van der Waals surface area contributed by atoms with Crippen LogP contribution in [0.15, 0.2) is 66.7 Å². The molecule has 0 N–H and O–H groups in total. The van der Waals surface area contributed by atoms with Gasteiger partial charge >= 0.3 is 11.9 Å². The highest BCUT2D eigenvalue weighted by Crippen LogP contribution is 2.29. The Bertz CT molecular complexity index is 1270. The Morgan fingerprint density at radius 1 is 0.900 bits per heavy atom. The van der Waals surface area contributed by atoms with Crippen LogP contribution in [0.4, 0.5) is 0 Å². The normalized spacial score (nSPS) is 10.7. The first-order valence-corrected chi connectivity index (χ1v) is 9.31. The Balaban J connectivity index is 1.78. The van der Waals surface area contributed by atoms with Gasteiger partial charge in [0.25, 0.3) is 0 Å². The SMILES string of the molecule is COC(=O)COC(=O)c1cc(-c2ccc3cc(OC)ccc3c2)nc2ccccc12. The lowest BCUT2D eigenvalue weighted by molar-refractivity contribution is -0.144. The maximum absolute atomic E-state index is 12.7. The molecule has 0 spiro atoms. The van der Waals surface area contributed by atoms with Crippen LogP contribution in [0, 0.1) is 0 Å². The van der Waals surface area contributed by atoms with E-state index in [1.807, 2.05) is 54.6 Å². The fourth-order valence-corrected chi connectivity index (χ4v) is 3.26. The predicted octanol–water partition coefficient (Wildman–Crippen LogP) is 4.39. The van der Waals surface area contributed by atoms with Crippen molar-refractivity contribution in [2.45, 2.75) is 0 Å². The largest absolute Gasteiger partial charge is 0.497 e. The van der Waals surface area contributed by atoms with Crippen LogP contribution in [0.2, 0.25) is 0 Å². The lowest BCUT2D eigenvalue weighted by atomic mass is 10.0. The van der Waals surface area contributed by atoms with Crippen LogP contribution >= 0.6 is 0 Å². The van der Waals surface area contributed by atoms with Crippen molar-refractivity contribution in [3.63, 3.8) is 0 Å². The van der Waals surface area contributed by atoms with Gasteiger partial charge in [0.2, 0.25) is 0 Å². The number of nitrogens with zero attached hydrogens (tertiary/aromatic N) is 1. The van der Waals surface area contributed by atoms with Gasteiger partial charge in [0.05, 0.1) is 31.0 Å². The number of hydrogen-bond acceptors (Lipinski definition) is 6. The number of fused-ring (bicyclic) bond motifs is 2. The van der Waals surface area contributed by atoms with E-state index < -0.39 is 18.5 Å². The molecule has 0 fully saturated rings. The van der Waals surface area contributed by atoms with Crippen LogP contribution in [0.25, 0.3) is 32.9 Å². The minimum absolute atomic E-state index is 0.342. The second-order valence-electron chi connectivity index (χ2n) is 6.65. The number of para-hydroxylation sites is 1. The monoisotopic (exact) mass is 401 g/mol. The molecular formula is C24H19NO5. The number of ether oxygens (including phenoxy) is 3. The van der Waals surface area contributed by atoms with Gasteiger partial charge in [-0.05, 0) is 41.1 Å². The molecule has 1 aromatic heterocycles. The molecule has 6 heteroatoms. The minimum atomic E-state index is -0.619. The number of carbonyl (C=O) groups is 2. The van der Waals surface area contributed by atoms with Gasteiger partial charge in [0.15, 0.2) is 6.61 Å². The van der Waals surface area contributed by atoms with E-state index in [0.29, 0.717) is 22.2 Å². The topological polar surface area (TPSA) is 74.7 Å². The number of rotatable bonds is 5. The summed E-state index contributed by atoms with van der Waals surface area (Å²) in [6.45, 7) is -0.445. The second-order valence-corrected chi connectivity index (χ2v) is 6.65. The van der Waals surface area contributed by atoms with Gasteiger partial charge in [0, 0.05) is 10.9 Å². The molecule has 3 aromatic carbocycles. The first-order chi connectivity index (χ1) is 14.6. The maximum Gasteiger partial charge on any atom is 0.344 e. The van der Waals surface area contributed by atoms with Crippen molar-refractivity contribution in [1.29, 1.82) is 0 Å². The molecule has 6 nitrogen and oxygen atoms in total. The summed E-state index contributed by atoms with van der Waals surface area (Å²) in [5.41, 5.74) is 2.50. The Labute approximate surface area is 173 Å².